The number of rotatable bonds is 6. The topological polar surface area (TPSA) is 47.4 Å². The number of ether oxygens (including phenoxy) is 1. The van der Waals surface area contributed by atoms with Gasteiger partial charge in [-0.1, -0.05) is 18.2 Å². The van der Waals surface area contributed by atoms with Crippen molar-refractivity contribution in [1.29, 1.82) is 0 Å². The lowest BCUT2D eigenvalue weighted by Gasteiger charge is -2.32. The first-order chi connectivity index (χ1) is 11.8. The van der Waals surface area contributed by atoms with Crippen molar-refractivity contribution in [3.63, 3.8) is 0 Å². The SMILES string of the molecule is CCn1ccnc1[C@H]1CCCN(C(=O)CCOc2ccccc2)C1. The van der Waals surface area contributed by atoms with Crippen LogP contribution in [-0.2, 0) is 11.3 Å². The quantitative estimate of drug-likeness (QED) is 0.819. The van der Waals surface area contributed by atoms with Gasteiger partial charge in [0.1, 0.15) is 11.6 Å². The largest absolute Gasteiger partial charge is 0.493 e. The summed E-state index contributed by atoms with van der Waals surface area (Å²) < 4.78 is 7.82. The second-order valence-corrected chi connectivity index (χ2v) is 6.16. The molecular weight excluding hydrogens is 302 g/mol. The molecule has 128 valence electrons. The van der Waals surface area contributed by atoms with E-state index in [-0.39, 0.29) is 5.91 Å². The van der Waals surface area contributed by atoms with Crippen LogP contribution in [0.4, 0.5) is 0 Å². The molecule has 1 fully saturated rings. The van der Waals surface area contributed by atoms with Crippen LogP contribution in [0.5, 0.6) is 5.75 Å². The van der Waals surface area contributed by atoms with Crippen molar-refractivity contribution in [3.05, 3.63) is 48.5 Å². The van der Waals surface area contributed by atoms with E-state index in [0.29, 0.717) is 18.9 Å². The van der Waals surface area contributed by atoms with Gasteiger partial charge in [0, 0.05) is 37.9 Å². The van der Waals surface area contributed by atoms with Crippen molar-refractivity contribution in [2.24, 2.45) is 0 Å². The Labute approximate surface area is 143 Å². The van der Waals surface area contributed by atoms with Gasteiger partial charge in [0.25, 0.3) is 0 Å². The summed E-state index contributed by atoms with van der Waals surface area (Å²) in [4.78, 5) is 19.0. The van der Waals surface area contributed by atoms with E-state index in [4.69, 9.17) is 4.74 Å². The Kier molecular flexibility index (Phi) is 5.51. The zero-order chi connectivity index (χ0) is 16.8. The van der Waals surface area contributed by atoms with Gasteiger partial charge < -0.3 is 14.2 Å². The Hall–Kier alpha value is -2.30. The van der Waals surface area contributed by atoms with Gasteiger partial charge in [-0.3, -0.25) is 4.79 Å². The molecule has 1 amide bonds. The van der Waals surface area contributed by atoms with Gasteiger partial charge in [0.05, 0.1) is 13.0 Å². The van der Waals surface area contributed by atoms with Crippen molar-refractivity contribution in [2.45, 2.75) is 38.6 Å². The Bertz CT molecular complexity index is 654. The van der Waals surface area contributed by atoms with Gasteiger partial charge in [-0.2, -0.15) is 0 Å². The lowest BCUT2D eigenvalue weighted by Crippen LogP contribution is -2.40. The second-order valence-electron chi connectivity index (χ2n) is 6.16. The maximum atomic E-state index is 12.5. The Morgan fingerprint density at radius 2 is 2.17 bits per heavy atom. The van der Waals surface area contributed by atoms with E-state index in [1.807, 2.05) is 47.6 Å². The smallest absolute Gasteiger partial charge is 0.226 e. The van der Waals surface area contributed by atoms with E-state index in [9.17, 15) is 4.79 Å². The number of imidazole rings is 1. The van der Waals surface area contributed by atoms with Crippen LogP contribution in [0.2, 0.25) is 0 Å². The molecule has 0 saturated carbocycles. The maximum absolute atomic E-state index is 12.5. The molecule has 5 heteroatoms. The van der Waals surface area contributed by atoms with Gasteiger partial charge in [-0.15, -0.1) is 0 Å². The van der Waals surface area contributed by atoms with Crippen molar-refractivity contribution in [1.82, 2.24) is 14.5 Å². The molecule has 1 saturated heterocycles. The standard InChI is InChI=1S/C19H25N3O2/c1-2-21-13-11-20-19(21)16-7-6-12-22(15-16)18(23)10-14-24-17-8-4-3-5-9-17/h3-5,8-9,11,13,16H,2,6-7,10,12,14-15H2,1H3/t16-/m0/s1. The third kappa shape index (κ3) is 3.96. The summed E-state index contributed by atoms with van der Waals surface area (Å²) in [6.07, 6.45) is 6.43. The predicted octanol–water partition coefficient (Wildman–Crippen LogP) is 3.08. The maximum Gasteiger partial charge on any atom is 0.226 e. The van der Waals surface area contributed by atoms with Gasteiger partial charge in [0.15, 0.2) is 0 Å². The number of amides is 1. The minimum atomic E-state index is 0.172. The zero-order valence-electron chi connectivity index (χ0n) is 14.2. The summed E-state index contributed by atoms with van der Waals surface area (Å²) >= 11 is 0. The molecule has 0 radical (unpaired) electrons. The van der Waals surface area contributed by atoms with Crippen LogP contribution >= 0.6 is 0 Å². The van der Waals surface area contributed by atoms with Crippen LogP contribution < -0.4 is 4.74 Å². The number of benzene rings is 1. The lowest BCUT2D eigenvalue weighted by molar-refractivity contribution is -0.133. The fourth-order valence-corrected chi connectivity index (χ4v) is 3.29. The number of nitrogens with zero attached hydrogens (tertiary/aromatic N) is 3. The summed E-state index contributed by atoms with van der Waals surface area (Å²) in [5.41, 5.74) is 0. The minimum Gasteiger partial charge on any atom is -0.493 e. The van der Waals surface area contributed by atoms with Gasteiger partial charge in [-0.25, -0.2) is 4.98 Å². The van der Waals surface area contributed by atoms with Crippen molar-refractivity contribution in [2.75, 3.05) is 19.7 Å². The highest BCUT2D eigenvalue weighted by molar-refractivity contribution is 5.76. The molecule has 2 aromatic rings. The molecule has 0 unspecified atom stereocenters. The number of aryl methyl sites for hydroxylation is 1. The monoisotopic (exact) mass is 327 g/mol. The average molecular weight is 327 g/mol. The molecule has 0 bridgehead atoms. The molecule has 2 heterocycles. The number of carbonyl (C=O) groups excluding carboxylic acids is 1. The Morgan fingerprint density at radius 1 is 1.33 bits per heavy atom. The van der Waals surface area contributed by atoms with Crippen LogP contribution in [0.25, 0.3) is 0 Å². The first kappa shape index (κ1) is 16.6. The van der Waals surface area contributed by atoms with Crippen LogP contribution in [0.3, 0.4) is 0 Å². The van der Waals surface area contributed by atoms with Crippen molar-refractivity contribution < 1.29 is 9.53 Å². The zero-order valence-corrected chi connectivity index (χ0v) is 14.2. The minimum absolute atomic E-state index is 0.172. The van der Waals surface area contributed by atoms with Crippen LogP contribution in [-0.4, -0.2) is 40.1 Å². The average Bonchev–Trinajstić information content (AvgIpc) is 3.11. The second kappa shape index (κ2) is 7.99. The number of hydrogen-bond donors (Lipinski definition) is 0. The molecule has 1 aromatic heterocycles. The summed E-state index contributed by atoms with van der Waals surface area (Å²) in [6.45, 7) is 5.07. The van der Waals surface area contributed by atoms with Crippen molar-refractivity contribution in [3.8, 4) is 5.75 Å². The lowest BCUT2D eigenvalue weighted by atomic mass is 9.97. The first-order valence-electron chi connectivity index (χ1n) is 8.74. The molecule has 0 N–H and O–H groups in total. The number of carbonyl (C=O) groups is 1. The number of hydrogen-bond acceptors (Lipinski definition) is 3. The van der Waals surface area contributed by atoms with Gasteiger partial charge in [-0.05, 0) is 31.9 Å². The third-order valence-corrected chi connectivity index (χ3v) is 4.56. The molecular formula is C19H25N3O2. The Morgan fingerprint density at radius 3 is 2.96 bits per heavy atom. The molecule has 1 atom stereocenters. The van der Waals surface area contributed by atoms with Crippen molar-refractivity contribution >= 4 is 5.91 Å². The number of likely N-dealkylation sites (tertiary alicyclic amines) is 1. The molecule has 5 nitrogen and oxygen atoms in total. The summed E-state index contributed by atoms with van der Waals surface area (Å²) in [5.74, 6) is 2.43. The van der Waals surface area contributed by atoms with E-state index in [1.54, 1.807) is 0 Å². The molecule has 24 heavy (non-hydrogen) atoms. The van der Waals surface area contributed by atoms with Crippen LogP contribution in [0.1, 0.15) is 37.9 Å². The normalized spacial score (nSPS) is 17.7. The number of para-hydroxylation sites is 1. The molecule has 1 aliphatic rings. The molecule has 3 rings (SSSR count). The number of aromatic nitrogens is 2. The van der Waals surface area contributed by atoms with Gasteiger partial charge in [0.2, 0.25) is 5.91 Å². The molecule has 0 spiro atoms. The summed E-state index contributed by atoms with van der Waals surface area (Å²) in [6, 6.07) is 9.63. The van der Waals surface area contributed by atoms with E-state index in [2.05, 4.69) is 16.5 Å². The number of piperidine rings is 1. The fourth-order valence-electron chi connectivity index (χ4n) is 3.29. The van der Waals surface area contributed by atoms with Crippen LogP contribution in [0, 0.1) is 0 Å². The van der Waals surface area contributed by atoms with E-state index in [1.165, 1.54) is 0 Å². The summed E-state index contributed by atoms with van der Waals surface area (Å²) in [7, 11) is 0. The highest BCUT2D eigenvalue weighted by atomic mass is 16.5. The molecule has 1 aliphatic heterocycles. The van der Waals surface area contributed by atoms with E-state index in [0.717, 1.165) is 44.0 Å². The highest BCUT2D eigenvalue weighted by Crippen LogP contribution is 2.26. The van der Waals surface area contributed by atoms with E-state index >= 15 is 0 Å². The van der Waals surface area contributed by atoms with Crippen LogP contribution in [0.15, 0.2) is 42.7 Å². The summed E-state index contributed by atoms with van der Waals surface area (Å²) in [5, 5.41) is 0. The molecule has 0 aliphatic carbocycles. The fraction of sp³-hybridized carbons (Fsp3) is 0.474. The van der Waals surface area contributed by atoms with Gasteiger partial charge >= 0.3 is 0 Å². The molecule has 1 aromatic carbocycles. The third-order valence-electron chi connectivity index (χ3n) is 4.56. The highest BCUT2D eigenvalue weighted by Gasteiger charge is 2.27. The van der Waals surface area contributed by atoms with E-state index < -0.39 is 0 Å². The Balaban J connectivity index is 1.51. The first-order valence-corrected chi connectivity index (χ1v) is 8.74. The predicted molar refractivity (Wildman–Crippen MR) is 93.0 cm³/mol.